The minimum atomic E-state index is -3.20. The van der Waals surface area contributed by atoms with Crippen molar-refractivity contribution < 1.29 is 27.5 Å². The average Bonchev–Trinajstić information content (AvgIpc) is 2.67. The van der Waals surface area contributed by atoms with Crippen LogP contribution >= 0.6 is 11.6 Å². The van der Waals surface area contributed by atoms with Gasteiger partial charge in [0.25, 0.3) is 5.91 Å². The third-order valence-electron chi connectivity index (χ3n) is 4.86. The zero-order valence-electron chi connectivity index (χ0n) is 17.7. The average molecular weight is 461 g/mol. The molecule has 30 heavy (non-hydrogen) atoms. The SMILES string of the molecule is COC(=O)C(CC(C)C)NC(=O)c1ccc(OC2CCN(S(C)(=O)=O)CC2)c(Cl)c1. The Bertz CT molecular complexity index is 866. The van der Waals surface area contributed by atoms with E-state index in [9.17, 15) is 18.0 Å². The molecule has 1 aromatic carbocycles. The molecule has 2 rings (SSSR count). The van der Waals surface area contributed by atoms with Gasteiger partial charge in [-0.1, -0.05) is 25.4 Å². The van der Waals surface area contributed by atoms with E-state index in [0.717, 1.165) is 0 Å². The Morgan fingerprint density at radius 3 is 2.40 bits per heavy atom. The molecule has 1 N–H and O–H groups in total. The molecule has 1 atom stereocenters. The van der Waals surface area contributed by atoms with Gasteiger partial charge in [-0.3, -0.25) is 4.79 Å². The second kappa shape index (κ2) is 10.5. The number of amides is 1. The maximum Gasteiger partial charge on any atom is 0.328 e. The first-order chi connectivity index (χ1) is 14.0. The Kier molecular flexibility index (Phi) is 8.52. The van der Waals surface area contributed by atoms with E-state index in [-0.39, 0.29) is 17.0 Å². The molecule has 0 bridgehead atoms. The zero-order chi connectivity index (χ0) is 22.5. The number of carbonyl (C=O) groups is 2. The van der Waals surface area contributed by atoms with E-state index in [4.69, 9.17) is 21.1 Å². The summed E-state index contributed by atoms with van der Waals surface area (Å²) < 4.78 is 35.3. The van der Waals surface area contributed by atoms with E-state index in [1.54, 1.807) is 12.1 Å². The van der Waals surface area contributed by atoms with Gasteiger partial charge in [-0.15, -0.1) is 0 Å². The molecule has 0 spiro atoms. The lowest BCUT2D eigenvalue weighted by atomic mass is 10.0. The van der Waals surface area contributed by atoms with E-state index < -0.39 is 27.9 Å². The summed E-state index contributed by atoms with van der Waals surface area (Å²) in [7, 11) is -1.91. The number of rotatable bonds is 8. The molecule has 1 aliphatic rings. The first-order valence-corrected chi connectivity index (χ1v) is 12.0. The molecule has 0 saturated carbocycles. The Morgan fingerprint density at radius 2 is 1.90 bits per heavy atom. The minimum absolute atomic E-state index is 0.157. The zero-order valence-corrected chi connectivity index (χ0v) is 19.3. The molecule has 1 aromatic rings. The number of hydrogen-bond donors (Lipinski definition) is 1. The van der Waals surface area contributed by atoms with E-state index in [1.807, 2.05) is 13.8 Å². The number of sulfonamides is 1. The number of ether oxygens (including phenoxy) is 2. The molecule has 8 nitrogen and oxygen atoms in total. The van der Waals surface area contributed by atoms with Gasteiger partial charge in [0, 0.05) is 18.7 Å². The van der Waals surface area contributed by atoms with Gasteiger partial charge in [-0.05, 0) is 43.4 Å². The fraction of sp³-hybridized carbons (Fsp3) is 0.600. The van der Waals surface area contributed by atoms with Gasteiger partial charge in [0.05, 0.1) is 18.4 Å². The van der Waals surface area contributed by atoms with E-state index in [2.05, 4.69) is 5.32 Å². The predicted octanol–water partition coefficient (Wildman–Crippen LogP) is 2.46. The van der Waals surface area contributed by atoms with Gasteiger partial charge in [-0.2, -0.15) is 0 Å². The number of nitrogens with one attached hydrogen (secondary N) is 1. The van der Waals surface area contributed by atoms with Gasteiger partial charge in [0.1, 0.15) is 17.9 Å². The number of nitrogens with zero attached hydrogens (tertiary/aromatic N) is 1. The molecule has 1 aliphatic heterocycles. The lowest BCUT2D eigenvalue weighted by Crippen LogP contribution is -2.42. The summed E-state index contributed by atoms with van der Waals surface area (Å²) >= 11 is 6.30. The number of halogens is 1. The number of piperidine rings is 1. The highest BCUT2D eigenvalue weighted by Crippen LogP contribution is 2.29. The Labute approximate surface area is 182 Å². The molecule has 0 aromatic heterocycles. The summed E-state index contributed by atoms with van der Waals surface area (Å²) in [5, 5.41) is 2.96. The monoisotopic (exact) mass is 460 g/mol. The highest BCUT2D eigenvalue weighted by atomic mass is 35.5. The van der Waals surface area contributed by atoms with Crippen LogP contribution in [-0.2, 0) is 19.6 Å². The smallest absolute Gasteiger partial charge is 0.328 e. The minimum Gasteiger partial charge on any atom is -0.489 e. The number of methoxy groups -OCH3 is 1. The molecule has 168 valence electrons. The Hall–Kier alpha value is -1.84. The van der Waals surface area contributed by atoms with Crippen molar-refractivity contribution in [3.05, 3.63) is 28.8 Å². The molecule has 1 amide bonds. The highest BCUT2D eigenvalue weighted by molar-refractivity contribution is 7.88. The van der Waals surface area contributed by atoms with Gasteiger partial charge in [-0.25, -0.2) is 17.5 Å². The molecule has 1 heterocycles. The van der Waals surface area contributed by atoms with Crippen molar-refractivity contribution in [2.45, 2.75) is 45.3 Å². The summed E-state index contributed by atoms with van der Waals surface area (Å²) in [6.45, 7) is 4.69. The van der Waals surface area contributed by atoms with Crippen LogP contribution in [0.25, 0.3) is 0 Å². The fourth-order valence-corrected chi connectivity index (χ4v) is 4.37. The van der Waals surface area contributed by atoms with Crippen molar-refractivity contribution in [3.63, 3.8) is 0 Å². The summed E-state index contributed by atoms with van der Waals surface area (Å²) in [4.78, 5) is 24.5. The third-order valence-corrected chi connectivity index (χ3v) is 6.45. The Balaban J connectivity index is 2.01. The van der Waals surface area contributed by atoms with Crippen molar-refractivity contribution >= 4 is 33.5 Å². The quantitative estimate of drug-likeness (QED) is 0.598. The summed E-state index contributed by atoms with van der Waals surface area (Å²) in [5.74, 6) is -0.301. The van der Waals surface area contributed by atoms with Crippen LogP contribution in [0.2, 0.25) is 5.02 Å². The molecule has 10 heteroatoms. The van der Waals surface area contributed by atoms with Crippen LogP contribution < -0.4 is 10.1 Å². The van der Waals surface area contributed by atoms with Crippen molar-refractivity contribution in [2.75, 3.05) is 26.5 Å². The number of esters is 1. The molecule has 1 unspecified atom stereocenters. The molecule has 1 fully saturated rings. The number of hydrogen-bond acceptors (Lipinski definition) is 6. The lowest BCUT2D eigenvalue weighted by molar-refractivity contribution is -0.143. The summed E-state index contributed by atoms with van der Waals surface area (Å²) in [6.07, 6.45) is 2.61. The maximum absolute atomic E-state index is 12.6. The van der Waals surface area contributed by atoms with Crippen LogP contribution in [0.5, 0.6) is 5.75 Å². The van der Waals surface area contributed by atoms with Crippen LogP contribution in [0.1, 0.15) is 43.5 Å². The van der Waals surface area contributed by atoms with Crippen molar-refractivity contribution in [1.29, 1.82) is 0 Å². The van der Waals surface area contributed by atoms with E-state index >= 15 is 0 Å². The van der Waals surface area contributed by atoms with Gasteiger partial charge in [0.15, 0.2) is 0 Å². The summed E-state index contributed by atoms with van der Waals surface area (Å²) in [6, 6.07) is 3.93. The van der Waals surface area contributed by atoms with Crippen molar-refractivity contribution in [2.24, 2.45) is 5.92 Å². The first-order valence-electron chi connectivity index (χ1n) is 9.81. The second-order valence-electron chi connectivity index (χ2n) is 7.80. The number of benzene rings is 1. The second-order valence-corrected chi connectivity index (χ2v) is 10.2. The molecule has 1 saturated heterocycles. The van der Waals surface area contributed by atoms with Crippen LogP contribution in [-0.4, -0.2) is 63.2 Å². The first kappa shape index (κ1) is 24.4. The van der Waals surface area contributed by atoms with Crippen LogP contribution in [0, 0.1) is 5.92 Å². The third kappa shape index (κ3) is 6.85. The van der Waals surface area contributed by atoms with Gasteiger partial charge < -0.3 is 14.8 Å². The van der Waals surface area contributed by atoms with Gasteiger partial charge in [0.2, 0.25) is 10.0 Å². The van der Waals surface area contributed by atoms with Crippen LogP contribution in [0.15, 0.2) is 18.2 Å². The predicted molar refractivity (Wildman–Crippen MR) is 114 cm³/mol. The van der Waals surface area contributed by atoms with Crippen LogP contribution in [0.4, 0.5) is 0 Å². The van der Waals surface area contributed by atoms with Crippen molar-refractivity contribution in [1.82, 2.24) is 9.62 Å². The fourth-order valence-electron chi connectivity index (χ4n) is 3.27. The highest BCUT2D eigenvalue weighted by Gasteiger charge is 2.27. The molecule has 0 radical (unpaired) electrons. The molecule has 0 aliphatic carbocycles. The molecular formula is C20H29ClN2O6S. The molecular weight excluding hydrogens is 432 g/mol. The lowest BCUT2D eigenvalue weighted by Gasteiger charge is -2.30. The van der Waals surface area contributed by atoms with Gasteiger partial charge >= 0.3 is 5.97 Å². The standard InChI is InChI=1S/C20H29ClN2O6S/c1-13(2)11-17(20(25)28-3)22-19(24)14-5-6-18(16(21)12-14)29-15-7-9-23(10-8-15)30(4,26)27/h5-6,12-13,15,17H,7-11H2,1-4H3,(H,22,24). The Morgan fingerprint density at radius 1 is 1.27 bits per heavy atom. The van der Waals surface area contributed by atoms with Crippen LogP contribution in [0.3, 0.4) is 0 Å². The van der Waals surface area contributed by atoms with Crippen molar-refractivity contribution in [3.8, 4) is 5.75 Å². The maximum atomic E-state index is 12.6. The topological polar surface area (TPSA) is 102 Å². The van der Waals surface area contributed by atoms with E-state index in [1.165, 1.54) is 23.7 Å². The normalized spacial score (nSPS) is 16.9. The largest absolute Gasteiger partial charge is 0.489 e. The summed E-state index contributed by atoms with van der Waals surface area (Å²) in [5.41, 5.74) is 0.303. The van der Waals surface area contributed by atoms with E-state index in [0.29, 0.717) is 43.7 Å². The number of carbonyl (C=O) groups excluding carboxylic acids is 2.